The SMILES string of the molecule is CCCOc1ccc(/C=C2/C(=O)ON=C2C)cc1Br. The molecule has 2 rings (SSSR count). The Bertz CT molecular complexity index is 564. The number of nitrogens with zero attached hydrogens (tertiary/aromatic N) is 1. The first-order chi connectivity index (χ1) is 9.11. The number of carbonyl (C=O) groups is 1. The molecule has 0 fully saturated rings. The Morgan fingerprint density at radius 2 is 2.26 bits per heavy atom. The highest BCUT2D eigenvalue weighted by molar-refractivity contribution is 9.10. The van der Waals surface area contributed by atoms with Crippen LogP contribution in [-0.4, -0.2) is 18.3 Å². The Balaban J connectivity index is 2.23. The van der Waals surface area contributed by atoms with Crippen LogP contribution in [0.15, 0.2) is 33.4 Å². The molecule has 1 aliphatic rings. The van der Waals surface area contributed by atoms with Crippen LogP contribution in [0, 0.1) is 0 Å². The molecule has 0 radical (unpaired) electrons. The van der Waals surface area contributed by atoms with Gasteiger partial charge in [-0.1, -0.05) is 18.1 Å². The average molecular weight is 324 g/mol. The summed E-state index contributed by atoms with van der Waals surface area (Å²) >= 11 is 3.46. The van der Waals surface area contributed by atoms with Gasteiger partial charge in [-0.15, -0.1) is 0 Å². The highest BCUT2D eigenvalue weighted by Crippen LogP contribution is 2.27. The number of halogens is 1. The Morgan fingerprint density at radius 1 is 1.47 bits per heavy atom. The third kappa shape index (κ3) is 3.23. The summed E-state index contributed by atoms with van der Waals surface area (Å²) in [6.07, 6.45) is 2.71. The number of ether oxygens (including phenoxy) is 1. The third-order valence-corrected chi connectivity index (χ3v) is 3.22. The topological polar surface area (TPSA) is 47.9 Å². The fourth-order valence-electron chi connectivity index (χ4n) is 1.62. The van der Waals surface area contributed by atoms with Crippen molar-refractivity contribution in [1.82, 2.24) is 0 Å². The van der Waals surface area contributed by atoms with E-state index in [1.165, 1.54) is 0 Å². The molecule has 0 unspecified atom stereocenters. The molecule has 0 spiro atoms. The highest BCUT2D eigenvalue weighted by Gasteiger charge is 2.21. The second-order valence-corrected chi connectivity index (χ2v) is 5.01. The molecular weight excluding hydrogens is 310 g/mol. The minimum atomic E-state index is -0.417. The smallest absolute Gasteiger partial charge is 0.367 e. The van der Waals surface area contributed by atoms with Gasteiger partial charge in [0, 0.05) is 0 Å². The molecule has 19 heavy (non-hydrogen) atoms. The van der Waals surface area contributed by atoms with Crippen molar-refractivity contribution in [3.05, 3.63) is 33.8 Å². The van der Waals surface area contributed by atoms with Gasteiger partial charge in [0.15, 0.2) is 0 Å². The molecule has 4 nitrogen and oxygen atoms in total. The van der Waals surface area contributed by atoms with E-state index in [2.05, 4.69) is 32.8 Å². The van der Waals surface area contributed by atoms with Crippen molar-refractivity contribution >= 4 is 33.7 Å². The molecule has 0 N–H and O–H groups in total. The zero-order valence-electron chi connectivity index (χ0n) is 10.8. The van der Waals surface area contributed by atoms with Gasteiger partial charge in [-0.2, -0.15) is 0 Å². The van der Waals surface area contributed by atoms with E-state index in [0.717, 1.165) is 22.2 Å². The quantitative estimate of drug-likeness (QED) is 0.628. The molecule has 5 heteroatoms. The summed E-state index contributed by atoms with van der Waals surface area (Å²) in [6.45, 7) is 4.47. The molecule has 0 aliphatic carbocycles. The molecular formula is C14H14BrNO3. The maximum absolute atomic E-state index is 11.4. The lowest BCUT2D eigenvalue weighted by Crippen LogP contribution is -2.01. The van der Waals surface area contributed by atoms with Crippen LogP contribution >= 0.6 is 15.9 Å². The Hall–Kier alpha value is -1.62. The van der Waals surface area contributed by atoms with Crippen LogP contribution in [0.2, 0.25) is 0 Å². The zero-order valence-corrected chi connectivity index (χ0v) is 12.4. The Labute approximate surface area is 120 Å². The van der Waals surface area contributed by atoms with Crippen LogP contribution in [0.3, 0.4) is 0 Å². The summed E-state index contributed by atoms with van der Waals surface area (Å²) in [4.78, 5) is 16.0. The summed E-state index contributed by atoms with van der Waals surface area (Å²) in [7, 11) is 0. The minimum Gasteiger partial charge on any atom is -0.492 e. The van der Waals surface area contributed by atoms with Crippen molar-refractivity contribution < 1.29 is 14.4 Å². The van der Waals surface area contributed by atoms with Crippen LogP contribution in [0.5, 0.6) is 5.75 Å². The van der Waals surface area contributed by atoms with E-state index < -0.39 is 5.97 Å². The van der Waals surface area contributed by atoms with Gasteiger partial charge >= 0.3 is 5.97 Å². The van der Waals surface area contributed by atoms with Gasteiger partial charge in [0.2, 0.25) is 0 Å². The van der Waals surface area contributed by atoms with Gasteiger partial charge in [-0.3, -0.25) is 0 Å². The highest BCUT2D eigenvalue weighted by atomic mass is 79.9. The van der Waals surface area contributed by atoms with Gasteiger partial charge in [0.05, 0.1) is 22.4 Å². The van der Waals surface area contributed by atoms with E-state index in [0.29, 0.717) is 17.9 Å². The van der Waals surface area contributed by atoms with Crippen LogP contribution in [0.4, 0.5) is 0 Å². The van der Waals surface area contributed by atoms with E-state index in [-0.39, 0.29) is 0 Å². The van der Waals surface area contributed by atoms with Crippen LogP contribution in [-0.2, 0) is 9.63 Å². The number of carbonyl (C=O) groups excluding carboxylic acids is 1. The molecule has 1 aliphatic heterocycles. The van der Waals surface area contributed by atoms with Gasteiger partial charge in [-0.25, -0.2) is 4.79 Å². The van der Waals surface area contributed by atoms with Crippen molar-refractivity contribution in [2.24, 2.45) is 5.16 Å². The molecule has 1 heterocycles. The van der Waals surface area contributed by atoms with Crippen LogP contribution < -0.4 is 4.74 Å². The number of hydrogen-bond acceptors (Lipinski definition) is 4. The van der Waals surface area contributed by atoms with Gasteiger partial charge in [-0.05, 0) is 53.0 Å². The molecule has 100 valence electrons. The second kappa shape index (κ2) is 6.02. The minimum absolute atomic E-state index is 0.417. The molecule has 0 bridgehead atoms. The van der Waals surface area contributed by atoms with Crippen molar-refractivity contribution in [3.63, 3.8) is 0 Å². The summed E-state index contributed by atoms with van der Waals surface area (Å²) in [5.41, 5.74) is 1.96. The van der Waals surface area contributed by atoms with Crippen molar-refractivity contribution in [2.75, 3.05) is 6.61 Å². The van der Waals surface area contributed by atoms with Crippen molar-refractivity contribution in [3.8, 4) is 5.75 Å². The Morgan fingerprint density at radius 3 is 2.84 bits per heavy atom. The number of oxime groups is 1. The van der Waals surface area contributed by atoms with E-state index in [1.807, 2.05) is 18.2 Å². The first-order valence-electron chi connectivity index (χ1n) is 6.02. The van der Waals surface area contributed by atoms with Gasteiger partial charge < -0.3 is 9.57 Å². The fraction of sp³-hybridized carbons (Fsp3) is 0.286. The maximum Gasteiger partial charge on any atom is 0.367 e. The second-order valence-electron chi connectivity index (χ2n) is 4.15. The molecule has 0 amide bonds. The lowest BCUT2D eigenvalue weighted by atomic mass is 10.1. The predicted molar refractivity (Wildman–Crippen MR) is 77.1 cm³/mol. The number of benzene rings is 1. The first-order valence-corrected chi connectivity index (χ1v) is 6.81. The summed E-state index contributed by atoms with van der Waals surface area (Å²) in [5, 5.41) is 3.64. The van der Waals surface area contributed by atoms with Crippen LogP contribution in [0.25, 0.3) is 6.08 Å². The summed E-state index contributed by atoms with van der Waals surface area (Å²) in [6, 6.07) is 5.66. The molecule has 0 saturated carbocycles. The van der Waals surface area contributed by atoms with E-state index in [4.69, 9.17) is 4.74 Å². The average Bonchev–Trinajstić information content (AvgIpc) is 2.70. The van der Waals surface area contributed by atoms with Crippen molar-refractivity contribution in [2.45, 2.75) is 20.3 Å². The summed E-state index contributed by atoms with van der Waals surface area (Å²) in [5.74, 6) is 0.378. The molecule has 0 saturated heterocycles. The van der Waals surface area contributed by atoms with Crippen LogP contribution in [0.1, 0.15) is 25.8 Å². The normalized spacial score (nSPS) is 16.5. The van der Waals surface area contributed by atoms with E-state index in [1.54, 1.807) is 13.0 Å². The lowest BCUT2D eigenvalue weighted by molar-refractivity contribution is -0.136. The predicted octanol–water partition coefficient (Wildman–Crippen LogP) is 3.55. The van der Waals surface area contributed by atoms with Gasteiger partial charge in [0.1, 0.15) is 5.75 Å². The number of rotatable bonds is 4. The number of hydrogen-bond donors (Lipinski definition) is 0. The van der Waals surface area contributed by atoms with Crippen molar-refractivity contribution in [1.29, 1.82) is 0 Å². The third-order valence-electron chi connectivity index (χ3n) is 2.60. The molecule has 1 aromatic rings. The monoisotopic (exact) mass is 323 g/mol. The van der Waals surface area contributed by atoms with Gasteiger partial charge in [0.25, 0.3) is 0 Å². The Kier molecular flexibility index (Phi) is 4.37. The molecule has 1 aromatic carbocycles. The fourth-order valence-corrected chi connectivity index (χ4v) is 2.13. The largest absolute Gasteiger partial charge is 0.492 e. The molecule has 0 atom stereocenters. The van der Waals surface area contributed by atoms with E-state index >= 15 is 0 Å². The lowest BCUT2D eigenvalue weighted by Gasteiger charge is -2.07. The zero-order chi connectivity index (χ0) is 13.8. The first kappa shape index (κ1) is 13.8. The standard InChI is InChI=1S/C14H14BrNO3/c1-3-6-18-13-5-4-10(8-12(13)15)7-11-9(2)16-19-14(11)17/h4-5,7-8H,3,6H2,1-2H3/b11-7+. The summed E-state index contributed by atoms with van der Waals surface area (Å²) < 4.78 is 6.43. The van der Waals surface area contributed by atoms with E-state index in [9.17, 15) is 4.79 Å². The molecule has 0 aromatic heterocycles. The maximum atomic E-state index is 11.4.